The van der Waals surface area contributed by atoms with Gasteiger partial charge in [0.1, 0.15) is 0 Å². The Morgan fingerprint density at radius 3 is 2.65 bits per heavy atom. The predicted molar refractivity (Wildman–Crippen MR) is 66.7 cm³/mol. The largest absolute Gasteiger partial charge is 0.481 e. The number of benzene rings is 1. The molecule has 1 N–H and O–H groups in total. The number of hydrogen-bond donors (Lipinski definition) is 1. The van der Waals surface area contributed by atoms with Gasteiger partial charge in [-0.3, -0.25) is 9.69 Å². The van der Waals surface area contributed by atoms with Crippen molar-refractivity contribution in [3.05, 3.63) is 35.9 Å². The van der Waals surface area contributed by atoms with E-state index in [9.17, 15) is 4.79 Å². The van der Waals surface area contributed by atoms with Crippen molar-refractivity contribution in [2.24, 2.45) is 5.92 Å². The zero-order valence-electron chi connectivity index (χ0n) is 10.2. The van der Waals surface area contributed by atoms with Gasteiger partial charge >= 0.3 is 5.97 Å². The van der Waals surface area contributed by atoms with E-state index in [4.69, 9.17) is 5.11 Å². The van der Waals surface area contributed by atoms with Gasteiger partial charge in [-0.05, 0) is 18.4 Å². The molecule has 0 aromatic heterocycles. The quantitative estimate of drug-likeness (QED) is 0.848. The van der Waals surface area contributed by atoms with Crippen LogP contribution in [-0.2, 0) is 11.3 Å². The molecule has 0 radical (unpaired) electrons. The molecule has 0 spiro atoms. The van der Waals surface area contributed by atoms with Gasteiger partial charge in [0.25, 0.3) is 0 Å². The van der Waals surface area contributed by atoms with Crippen LogP contribution in [0.2, 0.25) is 0 Å². The Morgan fingerprint density at radius 2 is 2.18 bits per heavy atom. The van der Waals surface area contributed by atoms with Crippen molar-refractivity contribution in [1.82, 2.24) is 4.90 Å². The normalized spacial score (nSPS) is 21.8. The highest BCUT2D eigenvalue weighted by Crippen LogP contribution is 2.28. The summed E-state index contributed by atoms with van der Waals surface area (Å²) in [5, 5.41) is 9.17. The van der Waals surface area contributed by atoms with Crippen LogP contribution in [0.4, 0.5) is 0 Å². The van der Waals surface area contributed by atoms with Crippen LogP contribution >= 0.6 is 0 Å². The van der Waals surface area contributed by atoms with Gasteiger partial charge in [0.2, 0.25) is 0 Å². The first-order valence-electron chi connectivity index (χ1n) is 6.23. The average molecular weight is 233 g/mol. The number of aliphatic carboxylic acids is 1. The Balaban J connectivity index is 1.97. The number of rotatable bonds is 5. The summed E-state index contributed by atoms with van der Waals surface area (Å²) in [7, 11) is 0. The van der Waals surface area contributed by atoms with E-state index in [2.05, 4.69) is 17.0 Å². The lowest BCUT2D eigenvalue weighted by molar-refractivity contribution is -0.147. The maximum Gasteiger partial charge on any atom is 0.308 e. The lowest BCUT2D eigenvalue weighted by Gasteiger charge is -2.44. The minimum Gasteiger partial charge on any atom is -0.481 e. The van der Waals surface area contributed by atoms with E-state index in [1.165, 1.54) is 5.56 Å². The van der Waals surface area contributed by atoms with Crippen LogP contribution in [0.15, 0.2) is 30.3 Å². The van der Waals surface area contributed by atoms with Gasteiger partial charge < -0.3 is 5.11 Å². The fourth-order valence-electron chi connectivity index (χ4n) is 2.54. The molecule has 1 aromatic rings. The smallest absolute Gasteiger partial charge is 0.308 e. The number of nitrogens with zero attached hydrogens (tertiary/aromatic N) is 1. The third-order valence-corrected chi connectivity index (χ3v) is 3.63. The van der Waals surface area contributed by atoms with Crippen molar-refractivity contribution in [2.75, 3.05) is 6.54 Å². The summed E-state index contributed by atoms with van der Waals surface area (Å²) < 4.78 is 0. The number of likely N-dealkylation sites (tertiary alicyclic amines) is 1. The SMILES string of the molecule is CCC(C(=O)O)C1CCN1Cc1ccccc1. The van der Waals surface area contributed by atoms with Crippen LogP contribution in [0.1, 0.15) is 25.3 Å². The Labute approximate surface area is 102 Å². The molecule has 0 bridgehead atoms. The van der Waals surface area contributed by atoms with Crippen molar-refractivity contribution in [1.29, 1.82) is 0 Å². The molecule has 1 fully saturated rings. The van der Waals surface area contributed by atoms with Crippen molar-refractivity contribution < 1.29 is 9.90 Å². The summed E-state index contributed by atoms with van der Waals surface area (Å²) in [6, 6.07) is 10.5. The number of carboxylic acids is 1. The van der Waals surface area contributed by atoms with Crippen LogP contribution in [0, 0.1) is 5.92 Å². The maximum absolute atomic E-state index is 11.1. The van der Waals surface area contributed by atoms with Gasteiger partial charge in [0.15, 0.2) is 0 Å². The van der Waals surface area contributed by atoms with Gasteiger partial charge in [-0.25, -0.2) is 0 Å². The molecule has 2 atom stereocenters. The Morgan fingerprint density at radius 1 is 1.47 bits per heavy atom. The first-order valence-corrected chi connectivity index (χ1v) is 6.23. The molecular weight excluding hydrogens is 214 g/mol. The van der Waals surface area contributed by atoms with Crippen molar-refractivity contribution >= 4 is 5.97 Å². The Kier molecular flexibility index (Phi) is 3.79. The van der Waals surface area contributed by atoms with Gasteiger partial charge in [0, 0.05) is 19.1 Å². The highest BCUT2D eigenvalue weighted by atomic mass is 16.4. The molecule has 3 nitrogen and oxygen atoms in total. The lowest BCUT2D eigenvalue weighted by atomic mass is 9.87. The molecule has 0 amide bonds. The molecule has 1 saturated heterocycles. The van der Waals surface area contributed by atoms with E-state index in [0.717, 1.165) is 19.5 Å². The van der Waals surface area contributed by atoms with Crippen LogP contribution in [0.3, 0.4) is 0 Å². The number of carbonyl (C=O) groups is 1. The lowest BCUT2D eigenvalue weighted by Crippen LogP contribution is -2.52. The summed E-state index contributed by atoms with van der Waals surface area (Å²) in [6.45, 7) is 3.84. The maximum atomic E-state index is 11.1. The number of hydrogen-bond acceptors (Lipinski definition) is 2. The summed E-state index contributed by atoms with van der Waals surface area (Å²) >= 11 is 0. The molecule has 92 valence electrons. The van der Waals surface area contributed by atoms with E-state index in [0.29, 0.717) is 6.42 Å². The summed E-state index contributed by atoms with van der Waals surface area (Å²) in [5.41, 5.74) is 1.26. The fourth-order valence-corrected chi connectivity index (χ4v) is 2.54. The van der Waals surface area contributed by atoms with Gasteiger partial charge in [-0.15, -0.1) is 0 Å². The van der Waals surface area contributed by atoms with Crippen LogP contribution in [0.25, 0.3) is 0 Å². The van der Waals surface area contributed by atoms with E-state index in [1.807, 2.05) is 25.1 Å². The molecule has 17 heavy (non-hydrogen) atoms. The molecule has 3 heteroatoms. The zero-order valence-corrected chi connectivity index (χ0v) is 10.2. The van der Waals surface area contributed by atoms with Crippen molar-refractivity contribution in [3.8, 4) is 0 Å². The van der Waals surface area contributed by atoms with Gasteiger partial charge in [0.05, 0.1) is 5.92 Å². The van der Waals surface area contributed by atoms with Crippen LogP contribution < -0.4 is 0 Å². The first-order chi connectivity index (χ1) is 8.22. The van der Waals surface area contributed by atoms with Gasteiger partial charge in [-0.2, -0.15) is 0 Å². The third kappa shape index (κ3) is 2.67. The van der Waals surface area contributed by atoms with Crippen LogP contribution in [-0.4, -0.2) is 28.6 Å². The monoisotopic (exact) mass is 233 g/mol. The first kappa shape index (κ1) is 12.1. The minimum absolute atomic E-state index is 0.215. The molecule has 2 rings (SSSR count). The molecule has 1 heterocycles. The van der Waals surface area contributed by atoms with E-state index < -0.39 is 5.97 Å². The second-order valence-electron chi connectivity index (χ2n) is 4.67. The second kappa shape index (κ2) is 5.32. The summed E-state index contributed by atoms with van der Waals surface area (Å²) in [5.74, 6) is -0.872. The summed E-state index contributed by atoms with van der Waals surface area (Å²) in [6.07, 6.45) is 1.73. The highest BCUT2D eigenvalue weighted by molar-refractivity contribution is 5.71. The van der Waals surface area contributed by atoms with Crippen LogP contribution in [0.5, 0.6) is 0 Å². The molecular formula is C14H19NO2. The van der Waals surface area contributed by atoms with Crippen molar-refractivity contribution in [2.45, 2.75) is 32.4 Å². The second-order valence-corrected chi connectivity index (χ2v) is 4.67. The van der Waals surface area contributed by atoms with E-state index >= 15 is 0 Å². The zero-order chi connectivity index (χ0) is 12.3. The Bertz CT molecular complexity index is 377. The molecule has 0 saturated carbocycles. The number of carboxylic acid groups (broad SMARTS) is 1. The fraction of sp³-hybridized carbons (Fsp3) is 0.500. The molecule has 2 unspecified atom stereocenters. The minimum atomic E-state index is -0.657. The molecule has 1 aromatic carbocycles. The van der Waals surface area contributed by atoms with Crippen molar-refractivity contribution in [3.63, 3.8) is 0 Å². The predicted octanol–water partition coefficient (Wildman–Crippen LogP) is 2.37. The van der Waals surface area contributed by atoms with E-state index in [-0.39, 0.29) is 12.0 Å². The molecule has 1 aliphatic rings. The third-order valence-electron chi connectivity index (χ3n) is 3.63. The molecule has 1 aliphatic heterocycles. The topological polar surface area (TPSA) is 40.5 Å². The highest BCUT2D eigenvalue weighted by Gasteiger charge is 2.37. The standard InChI is InChI=1S/C14H19NO2/c1-2-12(14(16)17)13-8-9-15(13)10-11-6-4-3-5-7-11/h3-7,12-13H,2,8-10H2,1H3,(H,16,17). The molecule has 0 aliphatic carbocycles. The summed E-state index contributed by atoms with van der Waals surface area (Å²) in [4.78, 5) is 13.4. The average Bonchev–Trinajstić information content (AvgIpc) is 2.32. The van der Waals surface area contributed by atoms with Gasteiger partial charge in [-0.1, -0.05) is 37.3 Å². The van der Waals surface area contributed by atoms with E-state index in [1.54, 1.807) is 0 Å². The Hall–Kier alpha value is -1.35.